The maximum absolute atomic E-state index is 5.84. The predicted octanol–water partition coefficient (Wildman–Crippen LogP) is 0.178. The van der Waals surface area contributed by atoms with Crippen LogP contribution >= 0.6 is 0 Å². The molecule has 1 rings (SSSR count). The highest BCUT2D eigenvalue weighted by atomic mass is 16.5. The summed E-state index contributed by atoms with van der Waals surface area (Å²) in [5.41, 5.74) is 5.84. The second kappa shape index (κ2) is 3.74. The van der Waals surface area contributed by atoms with Crippen molar-refractivity contribution in [2.45, 2.75) is 18.5 Å². The lowest BCUT2D eigenvalue weighted by Crippen LogP contribution is -2.50. The predicted molar refractivity (Wildman–Crippen MR) is 45.2 cm³/mol. The van der Waals surface area contributed by atoms with Gasteiger partial charge in [0.05, 0.1) is 6.61 Å². The van der Waals surface area contributed by atoms with E-state index in [0.717, 1.165) is 13.0 Å². The van der Waals surface area contributed by atoms with Crippen LogP contribution in [0.1, 0.15) is 6.42 Å². The van der Waals surface area contributed by atoms with E-state index in [1.807, 2.05) is 13.2 Å². The first-order chi connectivity index (χ1) is 5.25. The van der Waals surface area contributed by atoms with E-state index in [0.29, 0.717) is 12.6 Å². The summed E-state index contributed by atoms with van der Waals surface area (Å²) in [6.07, 6.45) is 2.82. The second-order valence-corrected chi connectivity index (χ2v) is 2.94. The van der Waals surface area contributed by atoms with Crippen molar-refractivity contribution < 1.29 is 4.74 Å². The van der Waals surface area contributed by atoms with E-state index in [4.69, 9.17) is 10.5 Å². The van der Waals surface area contributed by atoms with Gasteiger partial charge in [0.1, 0.15) is 0 Å². The fraction of sp³-hybridized carbons (Fsp3) is 0.750. The van der Waals surface area contributed by atoms with E-state index in [1.165, 1.54) is 0 Å². The van der Waals surface area contributed by atoms with Gasteiger partial charge < -0.3 is 15.4 Å². The van der Waals surface area contributed by atoms with Gasteiger partial charge in [-0.1, -0.05) is 6.58 Å². The van der Waals surface area contributed by atoms with E-state index >= 15 is 0 Å². The fourth-order valence-corrected chi connectivity index (χ4v) is 1.39. The average molecular weight is 156 g/mol. The minimum atomic E-state index is 0.131. The topological polar surface area (TPSA) is 38.5 Å². The molecule has 64 valence electrons. The van der Waals surface area contributed by atoms with Crippen LogP contribution in [0.4, 0.5) is 0 Å². The summed E-state index contributed by atoms with van der Waals surface area (Å²) in [5, 5.41) is 0. The molecule has 11 heavy (non-hydrogen) atoms. The Morgan fingerprint density at radius 2 is 2.45 bits per heavy atom. The molecule has 0 unspecified atom stereocenters. The molecule has 1 saturated heterocycles. The van der Waals surface area contributed by atoms with Crippen LogP contribution in [0.3, 0.4) is 0 Å². The van der Waals surface area contributed by atoms with Crippen molar-refractivity contribution in [3.05, 3.63) is 12.8 Å². The van der Waals surface area contributed by atoms with Crippen molar-refractivity contribution in [1.82, 2.24) is 4.90 Å². The van der Waals surface area contributed by atoms with Gasteiger partial charge in [0.2, 0.25) is 0 Å². The lowest BCUT2D eigenvalue weighted by molar-refractivity contribution is 0.0390. The van der Waals surface area contributed by atoms with Crippen molar-refractivity contribution >= 4 is 0 Å². The quantitative estimate of drug-likeness (QED) is 0.619. The first kappa shape index (κ1) is 8.56. The molecule has 0 saturated carbocycles. The minimum Gasteiger partial charge on any atom is -0.380 e. The lowest BCUT2D eigenvalue weighted by atomic mass is 10.0. The normalized spacial score (nSPS) is 31.5. The summed E-state index contributed by atoms with van der Waals surface area (Å²) in [5.74, 6) is 0. The van der Waals surface area contributed by atoms with Crippen LogP contribution in [0.15, 0.2) is 12.8 Å². The maximum atomic E-state index is 5.84. The van der Waals surface area contributed by atoms with Gasteiger partial charge in [-0.25, -0.2) is 0 Å². The molecule has 3 nitrogen and oxygen atoms in total. The standard InChI is InChI=1S/C8H16N2O/c1-3-10(2)8-4-5-11-6-7(8)9/h3,7-8H,1,4-6,9H2,2H3/t7-,8+/m1/s1. The van der Waals surface area contributed by atoms with Gasteiger partial charge in [0, 0.05) is 25.7 Å². The van der Waals surface area contributed by atoms with E-state index in [1.54, 1.807) is 0 Å². The van der Waals surface area contributed by atoms with Crippen LogP contribution in [-0.2, 0) is 4.74 Å². The molecule has 1 fully saturated rings. The number of likely N-dealkylation sites (N-methyl/N-ethyl adjacent to an activating group) is 1. The number of hydrogen-bond acceptors (Lipinski definition) is 3. The summed E-state index contributed by atoms with van der Waals surface area (Å²) >= 11 is 0. The Hall–Kier alpha value is -0.540. The summed E-state index contributed by atoms with van der Waals surface area (Å²) in [6.45, 7) is 5.19. The summed E-state index contributed by atoms with van der Waals surface area (Å²) in [6, 6.07) is 0.535. The molecule has 0 radical (unpaired) electrons. The summed E-state index contributed by atoms with van der Waals surface area (Å²) < 4.78 is 5.22. The second-order valence-electron chi connectivity index (χ2n) is 2.94. The van der Waals surface area contributed by atoms with E-state index in [2.05, 4.69) is 11.5 Å². The third-order valence-corrected chi connectivity index (χ3v) is 2.17. The molecule has 3 heteroatoms. The Bertz CT molecular complexity index is 138. The molecule has 1 aliphatic rings. The van der Waals surface area contributed by atoms with Crippen LogP contribution in [0.5, 0.6) is 0 Å². The van der Waals surface area contributed by atoms with Gasteiger partial charge >= 0.3 is 0 Å². The molecule has 0 aromatic rings. The largest absolute Gasteiger partial charge is 0.380 e. The SMILES string of the molecule is C=CN(C)[C@H]1CCOC[C@H]1N. The molecule has 0 aromatic carbocycles. The Kier molecular flexibility index (Phi) is 2.91. The minimum absolute atomic E-state index is 0.131. The van der Waals surface area contributed by atoms with Gasteiger partial charge in [0.25, 0.3) is 0 Å². The number of rotatable bonds is 2. The molecule has 2 N–H and O–H groups in total. The third-order valence-electron chi connectivity index (χ3n) is 2.17. The fourth-order valence-electron chi connectivity index (χ4n) is 1.39. The van der Waals surface area contributed by atoms with Crippen LogP contribution in [0.2, 0.25) is 0 Å². The molecular weight excluding hydrogens is 140 g/mol. The molecule has 1 aliphatic heterocycles. The van der Waals surface area contributed by atoms with Gasteiger partial charge in [-0.05, 0) is 12.6 Å². The molecule has 0 bridgehead atoms. The van der Waals surface area contributed by atoms with E-state index < -0.39 is 0 Å². The first-order valence-electron chi connectivity index (χ1n) is 3.93. The summed E-state index contributed by atoms with van der Waals surface area (Å²) in [4.78, 5) is 2.06. The number of nitrogens with zero attached hydrogens (tertiary/aromatic N) is 1. The van der Waals surface area contributed by atoms with Crippen molar-refractivity contribution in [3.8, 4) is 0 Å². The Morgan fingerprint density at radius 1 is 1.73 bits per heavy atom. The van der Waals surface area contributed by atoms with Gasteiger partial charge in [-0.2, -0.15) is 0 Å². The van der Waals surface area contributed by atoms with Gasteiger partial charge in [-0.3, -0.25) is 0 Å². The van der Waals surface area contributed by atoms with Crippen molar-refractivity contribution in [1.29, 1.82) is 0 Å². The average Bonchev–Trinajstić information content (AvgIpc) is 2.04. The molecule has 1 heterocycles. The Labute approximate surface area is 67.8 Å². The smallest absolute Gasteiger partial charge is 0.0637 e. The van der Waals surface area contributed by atoms with Gasteiger partial charge in [-0.15, -0.1) is 0 Å². The highest BCUT2D eigenvalue weighted by Gasteiger charge is 2.23. The molecule has 2 atom stereocenters. The van der Waals surface area contributed by atoms with E-state index in [9.17, 15) is 0 Å². The first-order valence-corrected chi connectivity index (χ1v) is 3.93. The summed E-state index contributed by atoms with van der Waals surface area (Å²) in [7, 11) is 2.00. The third kappa shape index (κ3) is 1.94. The van der Waals surface area contributed by atoms with Crippen LogP contribution in [-0.4, -0.2) is 37.2 Å². The highest BCUT2D eigenvalue weighted by Crippen LogP contribution is 2.11. The molecular formula is C8H16N2O. The van der Waals surface area contributed by atoms with Gasteiger partial charge in [0.15, 0.2) is 0 Å². The number of ether oxygens (including phenoxy) is 1. The highest BCUT2D eigenvalue weighted by molar-refractivity contribution is 4.87. The Morgan fingerprint density at radius 3 is 3.00 bits per heavy atom. The zero-order valence-corrected chi connectivity index (χ0v) is 6.99. The van der Waals surface area contributed by atoms with Crippen molar-refractivity contribution in [3.63, 3.8) is 0 Å². The van der Waals surface area contributed by atoms with Crippen LogP contribution in [0.25, 0.3) is 0 Å². The van der Waals surface area contributed by atoms with Crippen molar-refractivity contribution in [2.24, 2.45) is 5.73 Å². The van der Waals surface area contributed by atoms with Crippen molar-refractivity contribution in [2.75, 3.05) is 20.3 Å². The van der Waals surface area contributed by atoms with Crippen LogP contribution < -0.4 is 5.73 Å². The molecule has 0 spiro atoms. The lowest BCUT2D eigenvalue weighted by Gasteiger charge is -2.34. The number of hydrogen-bond donors (Lipinski definition) is 1. The maximum Gasteiger partial charge on any atom is 0.0637 e. The zero-order valence-electron chi connectivity index (χ0n) is 6.99. The monoisotopic (exact) mass is 156 g/mol. The molecule has 0 aliphatic carbocycles. The van der Waals surface area contributed by atoms with Crippen LogP contribution in [0, 0.1) is 0 Å². The Balaban J connectivity index is 2.46. The number of nitrogens with two attached hydrogens (primary N) is 1. The zero-order chi connectivity index (χ0) is 8.27. The molecule has 0 aromatic heterocycles. The van der Waals surface area contributed by atoms with E-state index in [-0.39, 0.29) is 6.04 Å². The molecule has 0 amide bonds.